The molecule has 0 aliphatic carbocycles. The van der Waals surface area contributed by atoms with Gasteiger partial charge < -0.3 is 14.6 Å². The number of nitrogens with zero attached hydrogens (tertiary/aromatic N) is 2. The lowest BCUT2D eigenvalue weighted by atomic mass is 10.1. The minimum absolute atomic E-state index is 0.357. The van der Waals surface area contributed by atoms with Crippen LogP contribution in [0.15, 0.2) is 45.3 Å². The maximum atomic E-state index is 10.7. The molecule has 1 aliphatic heterocycles. The molecule has 1 saturated heterocycles. The van der Waals surface area contributed by atoms with E-state index in [2.05, 4.69) is 77.7 Å². The molecule has 2 heterocycles. The Labute approximate surface area is 164 Å². The Bertz CT molecular complexity index is 840. The molecule has 4 rings (SSSR count). The monoisotopic (exact) mass is 464 g/mol. The number of rotatable bonds is 4. The Morgan fingerprint density at radius 1 is 0.840 bits per heavy atom. The lowest BCUT2D eigenvalue weighted by molar-refractivity contribution is 0.0901. The molecule has 0 radical (unpaired) electrons. The summed E-state index contributed by atoms with van der Waals surface area (Å²) in [7, 11) is 0. The van der Waals surface area contributed by atoms with E-state index < -0.39 is 0 Å². The van der Waals surface area contributed by atoms with Crippen molar-refractivity contribution >= 4 is 53.7 Å². The van der Waals surface area contributed by atoms with Crippen molar-refractivity contribution in [1.29, 1.82) is 0 Å². The van der Waals surface area contributed by atoms with Crippen molar-refractivity contribution in [3.05, 3.63) is 45.3 Å². The standard InChI is InChI=1S/C20H22Br2N2O/c21-14-4-6-19-17(10-14)18-11-15(22)5-7-20(18)24(19)13-16(25)12-23-8-2-1-3-9-23/h4-7,10-11,16,25H,1-3,8-9,12-13H2. The third-order valence-electron chi connectivity index (χ3n) is 5.10. The first kappa shape index (κ1) is 17.5. The zero-order valence-corrected chi connectivity index (χ0v) is 17.3. The van der Waals surface area contributed by atoms with Crippen LogP contribution in [0.5, 0.6) is 0 Å². The van der Waals surface area contributed by atoms with Gasteiger partial charge in [0, 0.05) is 37.3 Å². The first-order valence-corrected chi connectivity index (χ1v) is 10.5. The van der Waals surface area contributed by atoms with Gasteiger partial charge in [-0.15, -0.1) is 0 Å². The van der Waals surface area contributed by atoms with Crippen LogP contribution in [0.4, 0.5) is 0 Å². The number of aliphatic hydroxyl groups is 1. The number of aliphatic hydroxyl groups excluding tert-OH is 1. The molecule has 5 heteroatoms. The third-order valence-corrected chi connectivity index (χ3v) is 6.09. The molecule has 0 bridgehead atoms. The summed E-state index contributed by atoms with van der Waals surface area (Å²) in [5, 5.41) is 13.2. The molecule has 2 aromatic carbocycles. The van der Waals surface area contributed by atoms with Crippen LogP contribution < -0.4 is 0 Å². The highest BCUT2D eigenvalue weighted by atomic mass is 79.9. The predicted octanol–water partition coefficient (Wildman–Crippen LogP) is 5.17. The maximum Gasteiger partial charge on any atom is 0.0845 e. The summed E-state index contributed by atoms with van der Waals surface area (Å²) in [6.45, 7) is 3.61. The van der Waals surface area contributed by atoms with Crippen molar-refractivity contribution < 1.29 is 5.11 Å². The van der Waals surface area contributed by atoms with Crippen LogP contribution in [0.3, 0.4) is 0 Å². The summed E-state index contributed by atoms with van der Waals surface area (Å²) in [4.78, 5) is 2.40. The summed E-state index contributed by atoms with van der Waals surface area (Å²) in [5.74, 6) is 0. The van der Waals surface area contributed by atoms with Crippen molar-refractivity contribution in [2.75, 3.05) is 19.6 Å². The fourth-order valence-corrected chi connectivity index (χ4v) is 4.68. The topological polar surface area (TPSA) is 28.4 Å². The molecule has 0 saturated carbocycles. The molecule has 132 valence electrons. The van der Waals surface area contributed by atoms with Crippen molar-refractivity contribution in [1.82, 2.24) is 9.47 Å². The van der Waals surface area contributed by atoms with Gasteiger partial charge in [0.25, 0.3) is 0 Å². The number of hydrogen-bond donors (Lipinski definition) is 1. The highest BCUT2D eigenvalue weighted by Gasteiger charge is 2.18. The highest BCUT2D eigenvalue weighted by Crippen LogP contribution is 2.33. The smallest absolute Gasteiger partial charge is 0.0845 e. The Morgan fingerprint density at radius 3 is 1.96 bits per heavy atom. The van der Waals surface area contributed by atoms with Crippen molar-refractivity contribution in [2.24, 2.45) is 0 Å². The molecule has 1 aliphatic rings. The van der Waals surface area contributed by atoms with Gasteiger partial charge in [-0.25, -0.2) is 0 Å². The van der Waals surface area contributed by atoms with Crippen LogP contribution >= 0.6 is 31.9 Å². The van der Waals surface area contributed by atoms with E-state index in [9.17, 15) is 5.11 Å². The number of β-amino-alcohol motifs (C(OH)–C–C–N with tert-alkyl or cyclic N) is 1. The van der Waals surface area contributed by atoms with Gasteiger partial charge >= 0.3 is 0 Å². The molecule has 0 spiro atoms. The van der Waals surface area contributed by atoms with Gasteiger partial charge in [0.05, 0.1) is 12.6 Å². The molecule has 0 amide bonds. The Kier molecular flexibility index (Phi) is 5.18. The number of likely N-dealkylation sites (tertiary alicyclic amines) is 1. The zero-order chi connectivity index (χ0) is 17.4. The molecule has 3 nitrogen and oxygen atoms in total. The number of benzene rings is 2. The van der Waals surface area contributed by atoms with Gasteiger partial charge in [0.15, 0.2) is 0 Å². The molecular formula is C20H22Br2N2O. The van der Waals surface area contributed by atoms with Gasteiger partial charge in [0.1, 0.15) is 0 Å². The minimum Gasteiger partial charge on any atom is -0.390 e. The van der Waals surface area contributed by atoms with Crippen LogP contribution in [-0.2, 0) is 6.54 Å². The minimum atomic E-state index is -0.357. The number of aromatic nitrogens is 1. The highest BCUT2D eigenvalue weighted by molar-refractivity contribution is 9.10. The molecule has 1 atom stereocenters. The molecule has 3 aromatic rings. The second-order valence-corrected chi connectivity index (χ2v) is 8.78. The number of fused-ring (bicyclic) bond motifs is 3. The van der Waals surface area contributed by atoms with Crippen LogP contribution in [0, 0.1) is 0 Å². The molecular weight excluding hydrogens is 444 g/mol. The molecule has 25 heavy (non-hydrogen) atoms. The van der Waals surface area contributed by atoms with E-state index in [4.69, 9.17) is 0 Å². The van der Waals surface area contributed by atoms with Gasteiger partial charge in [-0.05, 0) is 62.3 Å². The van der Waals surface area contributed by atoms with Crippen molar-refractivity contribution in [3.8, 4) is 0 Å². The first-order valence-electron chi connectivity index (χ1n) is 8.89. The van der Waals surface area contributed by atoms with Crippen LogP contribution in [0.25, 0.3) is 21.8 Å². The number of hydrogen-bond acceptors (Lipinski definition) is 2. The fourth-order valence-electron chi connectivity index (χ4n) is 3.95. The van der Waals surface area contributed by atoms with E-state index >= 15 is 0 Å². The summed E-state index contributed by atoms with van der Waals surface area (Å²) < 4.78 is 4.42. The Hall–Kier alpha value is -0.880. The van der Waals surface area contributed by atoms with E-state index in [0.29, 0.717) is 6.54 Å². The van der Waals surface area contributed by atoms with Crippen LogP contribution in [0.1, 0.15) is 19.3 Å². The normalized spacial score (nSPS) is 17.4. The van der Waals surface area contributed by atoms with E-state index in [1.54, 1.807) is 0 Å². The summed E-state index contributed by atoms with van der Waals surface area (Å²) in [6.07, 6.45) is 3.47. The molecule has 1 fully saturated rings. The predicted molar refractivity (Wildman–Crippen MR) is 111 cm³/mol. The first-order chi connectivity index (χ1) is 12.1. The lowest BCUT2D eigenvalue weighted by Gasteiger charge is -2.28. The second-order valence-electron chi connectivity index (χ2n) is 6.95. The fraction of sp³-hybridized carbons (Fsp3) is 0.400. The molecule has 1 aromatic heterocycles. The third kappa shape index (κ3) is 3.65. The van der Waals surface area contributed by atoms with E-state index in [0.717, 1.165) is 28.6 Å². The second kappa shape index (κ2) is 7.39. The average molecular weight is 466 g/mol. The van der Waals surface area contributed by atoms with Gasteiger partial charge in [-0.2, -0.15) is 0 Å². The lowest BCUT2D eigenvalue weighted by Crippen LogP contribution is -2.38. The summed E-state index contributed by atoms with van der Waals surface area (Å²) >= 11 is 7.17. The summed E-state index contributed by atoms with van der Waals surface area (Å²) in [5.41, 5.74) is 2.35. The quantitative estimate of drug-likeness (QED) is 0.575. The van der Waals surface area contributed by atoms with Crippen LogP contribution in [-0.4, -0.2) is 40.3 Å². The van der Waals surface area contributed by atoms with Gasteiger partial charge in [0.2, 0.25) is 0 Å². The average Bonchev–Trinajstić information content (AvgIpc) is 2.88. The number of piperidine rings is 1. The van der Waals surface area contributed by atoms with Gasteiger partial charge in [-0.3, -0.25) is 0 Å². The van der Waals surface area contributed by atoms with Crippen molar-refractivity contribution in [2.45, 2.75) is 31.9 Å². The molecule has 1 N–H and O–H groups in total. The Balaban J connectivity index is 1.69. The summed E-state index contributed by atoms with van der Waals surface area (Å²) in [6, 6.07) is 12.8. The zero-order valence-electron chi connectivity index (χ0n) is 14.1. The van der Waals surface area contributed by atoms with E-state index in [1.807, 2.05) is 0 Å². The molecule has 1 unspecified atom stereocenters. The maximum absolute atomic E-state index is 10.7. The number of halogens is 2. The van der Waals surface area contributed by atoms with Crippen LogP contribution in [0.2, 0.25) is 0 Å². The van der Waals surface area contributed by atoms with E-state index in [1.165, 1.54) is 41.1 Å². The SMILES string of the molecule is OC(CN1CCCCC1)Cn1c2ccc(Br)cc2c2cc(Br)ccc21. The van der Waals surface area contributed by atoms with E-state index in [-0.39, 0.29) is 6.10 Å². The largest absolute Gasteiger partial charge is 0.390 e. The van der Waals surface area contributed by atoms with Gasteiger partial charge in [-0.1, -0.05) is 38.3 Å². The Morgan fingerprint density at radius 2 is 1.40 bits per heavy atom. The van der Waals surface area contributed by atoms with Crippen molar-refractivity contribution in [3.63, 3.8) is 0 Å².